The average Bonchev–Trinajstić information content (AvgIpc) is 3.68. The second-order valence-electron chi connectivity index (χ2n) is 26.8. The Labute approximate surface area is 537 Å². The van der Waals surface area contributed by atoms with Crippen molar-refractivity contribution in [1.29, 1.82) is 0 Å². The predicted octanol–water partition coefficient (Wildman–Crippen LogP) is 19.3. The van der Waals surface area contributed by atoms with Gasteiger partial charge in [0.2, 0.25) is 0 Å². The second-order valence-corrected chi connectivity index (χ2v) is 29.7. The fourth-order valence-corrected chi connectivity index (χ4v) is 11.9. The highest BCUT2D eigenvalue weighted by atomic mass is 31.2. The van der Waals surface area contributed by atoms with Crippen molar-refractivity contribution in [3.05, 3.63) is 0 Å². The zero-order valence-corrected chi connectivity index (χ0v) is 59.1. The Morgan fingerprint density at radius 3 is 0.705 bits per heavy atom. The van der Waals surface area contributed by atoms with E-state index in [9.17, 15) is 43.2 Å². The van der Waals surface area contributed by atoms with Crippen LogP contribution < -0.4 is 0 Å². The van der Waals surface area contributed by atoms with E-state index in [-0.39, 0.29) is 25.7 Å². The molecule has 0 radical (unpaired) electrons. The Hall–Kier alpha value is -1.94. The Morgan fingerprint density at radius 1 is 0.284 bits per heavy atom. The summed E-state index contributed by atoms with van der Waals surface area (Å²) >= 11 is 0. The largest absolute Gasteiger partial charge is 0.472 e. The second kappa shape index (κ2) is 58.8. The fourth-order valence-electron chi connectivity index (χ4n) is 10.3. The van der Waals surface area contributed by atoms with Crippen LogP contribution in [-0.4, -0.2) is 96.7 Å². The minimum absolute atomic E-state index is 0.104. The third-order valence-corrected chi connectivity index (χ3v) is 17.7. The highest BCUT2D eigenvalue weighted by molar-refractivity contribution is 7.47. The maximum atomic E-state index is 13.0. The molecule has 0 aliphatic heterocycles. The van der Waals surface area contributed by atoms with E-state index in [4.69, 9.17) is 37.0 Å². The monoisotopic (exact) mass is 1300 g/mol. The number of phosphoric acid groups is 2. The van der Waals surface area contributed by atoms with E-state index in [1.807, 2.05) is 0 Å². The first-order valence-corrected chi connectivity index (χ1v) is 38.7. The highest BCUT2D eigenvalue weighted by Gasteiger charge is 2.30. The van der Waals surface area contributed by atoms with Gasteiger partial charge in [-0.25, -0.2) is 9.13 Å². The lowest BCUT2D eigenvalue weighted by molar-refractivity contribution is -0.161. The van der Waals surface area contributed by atoms with Crippen LogP contribution in [0, 0.1) is 23.7 Å². The Kier molecular flexibility index (Phi) is 57.6. The fraction of sp³-hybridized carbons (Fsp3) is 0.942. The van der Waals surface area contributed by atoms with E-state index in [1.54, 1.807) is 0 Å². The van der Waals surface area contributed by atoms with Crippen molar-refractivity contribution in [3.63, 3.8) is 0 Å². The quantitative estimate of drug-likeness (QED) is 0.0222. The number of phosphoric ester groups is 2. The van der Waals surface area contributed by atoms with Gasteiger partial charge in [-0.2, -0.15) is 0 Å². The molecule has 522 valence electrons. The number of ether oxygens (including phenoxy) is 4. The van der Waals surface area contributed by atoms with Crippen LogP contribution in [0.5, 0.6) is 0 Å². The van der Waals surface area contributed by atoms with E-state index >= 15 is 0 Å². The zero-order chi connectivity index (χ0) is 65.4. The molecular weight excluding hydrogens is 1160 g/mol. The van der Waals surface area contributed by atoms with Gasteiger partial charge in [0.25, 0.3) is 0 Å². The lowest BCUT2D eigenvalue weighted by Gasteiger charge is -2.21. The number of unbranched alkanes of at least 4 members (excludes halogenated alkanes) is 32. The van der Waals surface area contributed by atoms with Crippen molar-refractivity contribution < 1.29 is 80.2 Å². The van der Waals surface area contributed by atoms with E-state index < -0.39 is 97.5 Å². The van der Waals surface area contributed by atoms with Gasteiger partial charge in [-0.05, 0) is 49.4 Å². The smallest absolute Gasteiger partial charge is 0.462 e. The molecule has 0 saturated heterocycles. The highest BCUT2D eigenvalue weighted by Crippen LogP contribution is 2.45. The molecular formula is C69H134O17P2. The van der Waals surface area contributed by atoms with E-state index in [0.717, 1.165) is 115 Å². The molecule has 17 nitrogen and oxygen atoms in total. The maximum Gasteiger partial charge on any atom is 0.472 e. The summed E-state index contributed by atoms with van der Waals surface area (Å²) < 4.78 is 68.2. The Balaban J connectivity index is 5.23. The van der Waals surface area contributed by atoms with Gasteiger partial charge in [0.15, 0.2) is 12.2 Å². The van der Waals surface area contributed by atoms with Gasteiger partial charge in [-0.1, -0.05) is 287 Å². The Bertz CT molecular complexity index is 1750. The molecule has 19 heteroatoms. The molecule has 0 amide bonds. The first-order chi connectivity index (χ1) is 42.1. The lowest BCUT2D eigenvalue weighted by Crippen LogP contribution is -2.30. The summed E-state index contributed by atoms with van der Waals surface area (Å²) in [6.07, 6.45) is 40.5. The van der Waals surface area contributed by atoms with Gasteiger partial charge < -0.3 is 33.8 Å². The molecule has 5 atom stereocenters. The van der Waals surface area contributed by atoms with E-state index in [2.05, 4.69) is 55.4 Å². The minimum atomic E-state index is -4.95. The Morgan fingerprint density at radius 2 is 0.477 bits per heavy atom. The molecule has 3 N–H and O–H groups in total. The van der Waals surface area contributed by atoms with Crippen LogP contribution in [0.15, 0.2) is 0 Å². The number of esters is 4. The molecule has 0 spiro atoms. The van der Waals surface area contributed by atoms with Crippen LogP contribution in [0.4, 0.5) is 0 Å². The summed E-state index contributed by atoms with van der Waals surface area (Å²) in [6.45, 7) is 14.0. The third-order valence-electron chi connectivity index (χ3n) is 15.8. The number of carbonyl (C=O) groups excluding carboxylic acids is 4. The first kappa shape index (κ1) is 86.1. The van der Waals surface area contributed by atoms with Crippen molar-refractivity contribution in [2.75, 3.05) is 39.6 Å². The van der Waals surface area contributed by atoms with Crippen molar-refractivity contribution in [3.8, 4) is 0 Å². The van der Waals surface area contributed by atoms with Crippen LogP contribution in [0.2, 0.25) is 0 Å². The van der Waals surface area contributed by atoms with Gasteiger partial charge in [-0.15, -0.1) is 0 Å². The number of aliphatic hydroxyl groups excluding tert-OH is 1. The van der Waals surface area contributed by atoms with Gasteiger partial charge in [0, 0.05) is 25.7 Å². The average molecular weight is 1300 g/mol. The number of rotatable bonds is 66. The minimum Gasteiger partial charge on any atom is -0.462 e. The van der Waals surface area contributed by atoms with Crippen LogP contribution >= 0.6 is 15.6 Å². The third kappa shape index (κ3) is 62.8. The molecule has 2 unspecified atom stereocenters. The number of aliphatic hydroxyl groups is 1. The van der Waals surface area contributed by atoms with Gasteiger partial charge in [-0.3, -0.25) is 37.3 Å². The van der Waals surface area contributed by atoms with Gasteiger partial charge in [0.1, 0.15) is 19.3 Å². The number of hydrogen-bond acceptors (Lipinski definition) is 15. The molecule has 0 aliphatic carbocycles. The molecule has 0 fully saturated rings. The molecule has 0 aromatic rings. The molecule has 0 heterocycles. The van der Waals surface area contributed by atoms with Crippen molar-refractivity contribution in [1.82, 2.24) is 0 Å². The van der Waals surface area contributed by atoms with Crippen molar-refractivity contribution in [2.45, 2.75) is 356 Å². The lowest BCUT2D eigenvalue weighted by atomic mass is 10.0. The first-order valence-electron chi connectivity index (χ1n) is 35.7. The molecule has 0 saturated carbocycles. The molecule has 0 aliphatic rings. The van der Waals surface area contributed by atoms with Crippen molar-refractivity contribution >= 4 is 39.5 Å². The summed E-state index contributed by atoms with van der Waals surface area (Å²) in [5, 5.41) is 10.6. The summed E-state index contributed by atoms with van der Waals surface area (Å²) in [6, 6.07) is 0. The van der Waals surface area contributed by atoms with Crippen molar-refractivity contribution in [2.24, 2.45) is 23.7 Å². The van der Waals surface area contributed by atoms with Crippen LogP contribution in [0.25, 0.3) is 0 Å². The van der Waals surface area contributed by atoms with E-state index in [1.165, 1.54) is 128 Å². The molecule has 0 bridgehead atoms. The topological polar surface area (TPSA) is 237 Å². The summed E-state index contributed by atoms with van der Waals surface area (Å²) in [5.74, 6) is 0.790. The van der Waals surface area contributed by atoms with Gasteiger partial charge >= 0.3 is 39.5 Å². The van der Waals surface area contributed by atoms with Crippen LogP contribution in [0.1, 0.15) is 338 Å². The van der Waals surface area contributed by atoms with E-state index in [0.29, 0.717) is 37.5 Å². The number of carbonyl (C=O) groups is 4. The van der Waals surface area contributed by atoms with Gasteiger partial charge in [0.05, 0.1) is 26.4 Å². The molecule has 0 rings (SSSR count). The van der Waals surface area contributed by atoms with Crippen LogP contribution in [-0.2, 0) is 65.4 Å². The summed E-state index contributed by atoms with van der Waals surface area (Å²) in [5.41, 5.74) is 0. The normalized spacial score (nSPS) is 14.3. The standard InChI is InChI=1S/C69H134O17P2/c1-59(2)45-37-29-21-16-12-10-9-11-13-18-24-35-43-51-68(73)86-65(56-80-67(72)50-42-34-28-27-32-40-48-62(7)8)58-84-88(77,78)82-54-63(70)53-81-87(75,76)83-57-64(55-79-66(71)49-41-33-26-20-23-31-39-47-61(5)6)85-69(74)52-44-36-25-19-15-14-17-22-30-38-46-60(3)4/h59-65,70H,9-58H2,1-8H3,(H,75,76)(H,77,78)/t63-,64-,65-/m1/s1. The molecule has 88 heavy (non-hydrogen) atoms. The summed E-state index contributed by atoms with van der Waals surface area (Å²) in [7, 11) is -9.90. The summed E-state index contributed by atoms with van der Waals surface area (Å²) in [4.78, 5) is 72.4. The predicted molar refractivity (Wildman–Crippen MR) is 354 cm³/mol. The zero-order valence-electron chi connectivity index (χ0n) is 57.3. The molecule has 0 aromatic heterocycles. The van der Waals surface area contributed by atoms with Crippen LogP contribution in [0.3, 0.4) is 0 Å². The molecule has 0 aromatic carbocycles. The number of hydrogen-bond donors (Lipinski definition) is 3. The maximum absolute atomic E-state index is 13.0. The SMILES string of the molecule is CC(C)CCCCCCCCCCCCCCCC(=O)O[C@H](COC(=O)CCCCCCCCC(C)C)COP(=O)(O)OC[C@H](O)COP(=O)(O)OC[C@@H](COC(=O)CCCCCCCCCC(C)C)OC(=O)CCCCCCCCCCCCC(C)C.